The Balaban J connectivity index is 2.34. The SMILES string of the molecule is CCOC(=O)/C=C/CN1CCCCCC1=O. The zero-order chi connectivity index (χ0) is 11.8. The number of carbonyl (C=O) groups is 2. The molecule has 1 fully saturated rings. The summed E-state index contributed by atoms with van der Waals surface area (Å²) in [7, 11) is 0. The third-order valence-corrected chi connectivity index (χ3v) is 2.54. The Labute approximate surface area is 96.3 Å². The molecule has 0 radical (unpaired) electrons. The third kappa shape index (κ3) is 4.47. The average molecular weight is 225 g/mol. The van der Waals surface area contributed by atoms with Gasteiger partial charge >= 0.3 is 5.97 Å². The predicted octanol–water partition coefficient (Wildman–Crippen LogP) is 1.51. The first kappa shape index (κ1) is 12.7. The van der Waals surface area contributed by atoms with Gasteiger partial charge in [0.05, 0.1) is 6.61 Å². The number of hydrogen-bond donors (Lipinski definition) is 0. The summed E-state index contributed by atoms with van der Waals surface area (Å²) in [5.74, 6) is -0.157. The van der Waals surface area contributed by atoms with Crippen LogP contribution in [0.25, 0.3) is 0 Å². The van der Waals surface area contributed by atoms with Gasteiger partial charge in [0.25, 0.3) is 0 Å². The van der Waals surface area contributed by atoms with E-state index in [4.69, 9.17) is 4.74 Å². The summed E-state index contributed by atoms with van der Waals surface area (Å²) in [6.07, 6.45) is 6.87. The van der Waals surface area contributed by atoms with Crippen LogP contribution < -0.4 is 0 Å². The predicted molar refractivity (Wildman–Crippen MR) is 60.8 cm³/mol. The quantitative estimate of drug-likeness (QED) is 0.538. The van der Waals surface area contributed by atoms with Gasteiger partial charge in [0.2, 0.25) is 5.91 Å². The fraction of sp³-hybridized carbons (Fsp3) is 0.667. The highest BCUT2D eigenvalue weighted by molar-refractivity contribution is 5.82. The van der Waals surface area contributed by atoms with Gasteiger partial charge in [-0.15, -0.1) is 0 Å². The number of carbonyl (C=O) groups excluding carboxylic acids is 2. The molecule has 1 saturated heterocycles. The molecule has 0 N–H and O–H groups in total. The lowest BCUT2D eigenvalue weighted by Gasteiger charge is -2.17. The molecule has 1 heterocycles. The van der Waals surface area contributed by atoms with E-state index in [1.165, 1.54) is 6.08 Å². The van der Waals surface area contributed by atoms with E-state index < -0.39 is 0 Å². The molecule has 1 rings (SSSR count). The Bertz CT molecular complexity index is 273. The van der Waals surface area contributed by atoms with Gasteiger partial charge in [-0.2, -0.15) is 0 Å². The maximum absolute atomic E-state index is 11.6. The van der Waals surface area contributed by atoms with Crippen LogP contribution in [0.5, 0.6) is 0 Å². The fourth-order valence-corrected chi connectivity index (χ4v) is 1.70. The van der Waals surface area contributed by atoms with Crippen molar-refractivity contribution >= 4 is 11.9 Å². The van der Waals surface area contributed by atoms with Gasteiger partial charge in [-0.05, 0) is 19.8 Å². The smallest absolute Gasteiger partial charge is 0.330 e. The van der Waals surface area contributed by atoms with Crippen LogP contribution in [0.3, 0.4) is 0 Å². The molecule has 0 saturated carbocycles. The molecule has 1 amide bonds. The Morgan fingerprint density at radius 3 is 3.00 bits per heavy atom. The van der Waals surface area contributed by atoms with Gasteiger partial charge in [0, 0.05) is 25.6 Å². The Hall–Kier alpha value is -1.32. The van der Waals surface area contributed by atoms with Crippen molar-refractivity contribution in [1.82, 2.24) is 4.90 Å². The summed E-state index contributed by atoms with van der Waals surface area (Å²) < 4.78 is 4.75. The van der Waals surface area contributed by atoms with Gasteiger partial charge < -0.3 is 9.64 Å². The van der Waals surface area contributed by atoms with Crippen molar-refractivity contribution in [2.45, 2.75) is 32.6 Å². The lowest BCUT2D eigenvalue weighted by atomic mass is 10.2. The van der Waals surface area contributed by atoms with Crippen molar-refractivity contribution in [2.75, 3.05) is 19.7 Å². The molecule has 90 valence electrons. The summed E-state index contributed by atoms with van der Waals surface area (Å²) in [4.78, 5) is 24.4. The van der Waals surface area contributed by atoms with Crippen LogP contribution in [0.4, 0.5) is 0 Å². The largest absolute Gasteiger partial charge is 0.463 e. The number of likely N-dealkylation sites (tertiary alicyclic amines) is 1. The van der Waals surface area contributed by atoms with E-state index in [0.29, 0.717) is 19.6 Å². The van der Waals surface area contributed by atoms with Crippen LogP contribution in [-0.4, -0.2) is 36.5 Å². The summed E-state index contributed by atoms with van der Waals surface area (Å²) in [6, 6.07) is 0. The van der Waals surface area contributed by atoms with E-state index in [1.54, 1.807) is 17.9 Å². The molecule has 0 bridgehead atoms. The molecule has 0 unspecified atom stereocenters. The van der Waals surface area contributed by atoms with Crippen molar-refractivity contribution in [3.05, 3.63) is 12.2 Å². The summed E-state index contributed by atoms with van der Waals surface area (Å²) >= 11 is 0. The van der Waals surface area contributed by atoms with Crippen molar-refractivity contribution < 1.29 is 14.3 Å². The summed E-state index contributed by atoms with van der Waals surface area (Å²) in [5, 5.41) is 0. The van der Waals surface area contributed by atoms with Crippen molar-refractivity contribution in [2.24, 2.45) is 0 Å². The number of nitrogens with zero attached hydrogens (tertiary/aromatic N) is 1. The molecule has 0 aromatic heterocycles. The first-order valence-electron chi connectivity index (χ1n) is 5.85. The van der Waals surface area contributed by atoms with Crippen LogP contribution in [-0.2, 0) is 14.3 Å². The first-order chi connectivity index (χ1) is 7.74. The topological polar surface area (TPSA) is 46.6 Å². The minimum absolute atomic E-state index is 0.186. The number of ether oxygens (including phenoxy) is 1. The van der Waals surface area contributed by atoms with Gasteiger partial charge in [0.15, 0.2) is 0 Å². The standard InChI is InChI=1S/C12H19NO3/c1-2-16-12(15)8-6-10-13-9-5-3-4-7-11(13)14/h6,8H,2-5,7,9-10H2,1H3/b8-6+. The normalized spacial score (nSPS) is 17.6. The van der Waals surface area contributed by atoms with Crippen LogP contribution in [0.1, 0.15) is 32.6 Å². The summed E-state index contributed by atoms with van der Waals surface area (Å²) in [5.41, 5.74) is 0. The molecule has 0 aromatic carbocycles. The molecule has 0 atom stereocenters. The second-order valence-corrected chi connectivity index (χ2v) is 3.80. The molecule has 4 heteroatoms. The number of esters is 1. The zero-order valence-corrected chi connectivity index (χ0v) is 9.78. The fourth-order valence-electron chi connectivity index (χ4n) is 1.70. The molecular weight excluding hydrogens is 206 g/mol. The molecular formula is C12H19NO3. The number of rotatable bonds is 4. The van der Waals surface area contributed by atoms with Crippen molar-refractivity contribution in [3.8, 4) is 0 Å². The second-order valence-electron chi connectivity index (χ2n) is 3.80. The number of amides is 1. The van der Waals surface area contributed by atoms with Crippen molar-refractivity contribution in [1.29, 1.82) is 0 Å². The Morgan fingerprint density at radius 1 is 1.44 bits per heavy atom. The maximum Gasteiger partial charge on any atom is 0.330 e. The first-order valence-corrected chi connectivity index (χ1v) is 5.85. The summed E-state index contributed by atoms with van der Waals surface area (Å²) in [6.45, 7) is 3.46. The van der Waals surface area contributed by atoms with Crippen molar-refractivity contribution in [3.63, 3.8) is 0 Å². The Morgan fingerprint density at radius 2 is 2.25 bits per heavy atom. The van der Waals surface area contributed by atoms with E-state index in [2.05, 4.69) is 0 Å². The van der Waals surface area contributed by atoms with Gasteiger partial charge in [-0.3, -0.25) is 4.79 Å². The van der Waals surface area contributed by atoms with Gasteiger partial charge in [-0.25, -0.2) is 4.79 Å². The van der Waals surface area contributed by atoms with Crippen LogP contribution in [0.2, 0.25) is 0 Å². The Kier molecular flexibility index (Phi) is 5.61. The third-order valence-electron chi connectivity index (χ3n) is 2.54. The highest BCUT2D eigenvalue weighted by atomic mass is 16.5. The highest BCUT2D eigenvalue weighted by Crippen LogP contribution is 2.10. The average Bonchev–Trinajstić information content (AvgIpc) is 2.45. The monoisotopic (exact) mass is 225 g/mol. The minimum atomic E-state index is -0.343. The number of hydrogen-bond acceptors (Lipinski definition) is 3. The maximum atomic E-state index is 11.6. The van der Waals surface area contributed by atoms with Crippen LogP contribution >= 0.6 is 0 Å². The molecule has 16 heavy (non-hydrogen) atoms. The highest BCUT2D eigenvalue weighted by Gasteiger charge is 2.14. The second kappa shape index (κ2) is 7.04. The van der Waals surface area contributed by atoms with E-state index in [0.717, 1.165) is 25.8 Å². The van der Waals surface area contributed by atoms with E-state index >= 15 is 0 Å². The van der Waals surface area contributed by atoms with Gasteiger partial charge in [-0.1, -0.05) is 12.5 Å². The van der Waals surface area contributed by atoms with E-state index in [-0.39, 0.29) is 11.9 Å². The molecule has 1 aliphatic heterocycles. The zero-order valence-electron chi connectivity index (χ0n) is 9.78. The van der Waals surface area contributed by atoms with E-state index in [1.807, 2.05) is 0 Å². The lowest BCUT2D eigenvalue weighted by Crippen LogP contribution is -2.30. The van der Waals surface area contributed by atoms with Crippen LogP contribution in [0.15, 0.2) is 12.2 Å². The molecule has 0 aromatic rings. The van der Waals surface area contributed by atoms with Gasteiger partial charge in [0.1, 0.15) is 0 Å². The molecule has 1 aliphatic rings. The lowest BCUT2D eigenvalue weighted by molar-refractivity contribution is -0.137. The molecule has 0 aliphatic carbocycles. The molecule has 4 nitrogen and oxygen atoms in total. The van der Waals surface area contributed by atoms with E-state index in [9.17, 15) is 9.59 Å². The molecule has 0 spiro atoms. The van der Waals surface area contributed by atoms with Crippen LogP contribution in [0, 0.1) is 0 Å². The minimum Gasteiger partial charge on any atom is -0.463 e.